The lowest BCUT2D eigenvalue weighted by Gasteiger charge is -2.20. The van der Waals surface area contributed by atoms with Crippen molar-refractivity contribution in [1.82, 2.24) is 4.98 Å². The highest BCUT2D eigenvalue weighted by molar-refractivity contribution is 5.85. The van der Waals surface area contributed by atoms with Gasteiger partial charge in [0.1, 0.15) is 5.60 Å². The molecular formula is C18H23N3O2. The summed E-state index contributed by atoms with van der Waals surface area (Å²) < 4.78 is 5.22. The van der Waals surface area contributed by atoms with E-state index in [1.54, 1.807) is 12.4 Å². The maximum Gasteiger partial charge on any atom is 0.412 e. The Kier molecular flexibility index (Phi) is 5.21. The first-order chi connectivity index (χ1) is 10.8. The minimum atomic E-state index is -0.508. The lowest BCUT2D eigenvalue weighted by molar-refractivity contribution is 0.0636. The van der Waals surface area contributed by atoms with Gasteiger partial charge in [0, 0.05) is 29.8 Å². The number of amides is 1. The molecule has 2 rings (SSSR count). The number of pyridine rings is 1. The minimum absolute atomic E-state index is 0.169. The maximum atomic E-state index is 11.7. The molecule has 0 aliphatic rings. The summed E-state index contributed by atoms with van der Waals surface area (Å²) in [6.45, 7) is 7.59. The van der Waals surface area contributed by atoms with Crippen LogP contribution in [0, 0.1) is 0 Å². The molecule has 5 heteroatoms. The number of anilines is 2. The van der Waals surface area contributed by atoms with Crippen molar-refractivity contribution >= 4 is 17.5 Å². The highest BCUT2D eigenvalue weighted by Crippen LogP contribution is 2.20. The molecule has 0 radical (unpaired) electrons. The standard InChI is InChI=1S/C18H23N3O2/c1-13(14-9-11-19-12-10-14)20-15-5-7-16(8-6-15)21-17(22)23-18(2,3)4/h5-13,20H,1-4H3,(H,21,22). The fourth-order valence-electron chi connectivity index (χ4n) is 2.06. The summed E-state index contributed by atoms with van der Waals surface area (Å²) in [5.41, 5.74) is 2.33. The fraction of sp³-hybridized carbons (Fsp3) is 0.333. The number of carbonyl (C=O) groups excluding carboxylic acids is 1. The fourth-order valence-corrected chi connectivity index (χ4v) is 2.06. The zero-order valence-corrected chi connectivity index (χ0v) is 14.0. The lowest BCUT2D eigenvalue weighted by atomic mass is 10.1. The van der Waals surface area contributed by atoms with Gasteiger partial charge in [-0.05, 0) is 69.7 Å². The van der Waals surface area contributed by atoms with E-state index < -0.39 is 11.7 Å². The summed E-state index contributed by atoms with van der Waals surface area (Å²) >= 11 is 0. The molecule has 0 spiro atoms. The topological polar surface area (TPSA) is 63.2 Å². The van der Waals surface area contributed by atoms with Crippen LogP contribution >= 0.6 is 0 Å². The van der Waals surface area contributed by atoms with Crippen molar-refractivity contribution in [3.05, 3.63) is 54.4 Å². The molecule has 5 nitrogen and oxygen atoms in total. The molecule has 0 aliphatic heterocycles. The summed E-state index contributed by atoms with van der Waals surface area (Å²) in [5, 5.41) is 6.12. The third kappa shape index (κ3) is 5.62. The van der Waals surface area contributed by atoms with Gasteiger partial charge in [0.2, 0.25) is 0 Å². The molecule has 0 fully saturated rings. The van der Waals surface area contributed by atoms with Crippen LogP contribution in [0.25, 0.3) is 0 Å². The molecule has 2 N–H and O–H groups in total. The van der Waals surface area contributed by atoms with Crippen LogP contribution < -0.4 is 10.6 Å². The van der Waals surface area contributed by atoms with E-state index >= 15 is 0 Å². The van der Waals surface area contributed by atoms with Gasteiger partial charge in [-0.25, -0.2) is 4.79 Å². The maximum absolute atomic E-state index is 11.7. The molecule has 0 saturated carbocycles. The number of aromatic nitrogens is 1. The van der Waals surface area contributed by atoms with E-state index in [2.05, 4.69) is 22.5 Å². The molecule has 1 amide bonds. The highest BCUT2D eigenvalue weighted by Gasteiger charge is 2.16. The van der Waals surface area contributed by atoms with Crippen molar-refractivity contribution < 1.29 is 9.53 Å². The smallest absolute Gasteiger partial charge is 0.412 e. The molecular weight excluding hydrogens is 290 g/mol. The van der Waals surface area contributed by atoms with Gasteiger partial charge in [-0.1, -0.05) is 0 Å². The average molecular weight is 313 g/mol. The van der Waals surface area contributed by atoms with Gasteiger partial charge in [-0.2, -0.15) is 0 Å². The normalized spacial score (nSPS) is 12.3. The van der Waals surface area contributed by atoms with Crippen molar-refractivity contribution in [2.75, 3.05) is 10.6 Å². The van der Waals surface area contributed by atoms with Crippen LogP contribution in [0.2, 0.25) is 0 Å². The number of hydrogen-bond donors (Lipinski definition) is 2. The second-order valence-electron chi connectivity index (χ2n) is 6.35. The number of ether oxygens (including phenoxy) is 1. The largest absolute Gasteiger partial charge is 0.444 e. The van der Waals surface area contributed by atoms with E-state index in [1.807, 2.05) is 57.2 Å². The van der Waals surface area contributed by atoms with Gasteiger partial charge in [-0.3, -0.25) is 10.3 Å². The molecule has 1 heterocycles. The third-order valence-electron chi connectivity index (χ3n) is 3.12. The Balaban J connectivity index is 1.93. The predicted octanol–water partition coefficient (Wildman–Crippen LogP) is 4.60. The summed E-state index contributed by atoms with van der Waals surface area (Å²) in [5.74, 6) is 0. The monoisotopic (exact) mass is 313 g/mol. The molecule has 23 heavy (non-hydrogen) atoms. The zero-order chi connectivity index (χ0) is 16.9. The van der Waals surface area contributed by atoms with Gasteiger partial charge in [0.05, 0.1) is 0 Å². The Morgan fingerprint density at radius 2 is 1.61 bits per heavy atom. The van der Waals surface area contributed by atoms with Gasteiger partial charge in [0.25, 0.3) is 0 Å². The number of nitrogens with zero attached hydrogens (tertiary/aromatic N) is 1. The van der Waals surface area contributed by atoms with Gasteiger partial charge >= 0.3 is 6.09 Å². The van der Waals surface area contributed by atoms with E-state index in [4.69, 9.17) is 4.74 Å². The Morgan fingerprint density at radius 3 is 2.17 bits per heavy atom. The highest BCUT2D eigenvalue weighted by atomic mass is 16.6. The number of rotatable bonds is 4. The molecule has 1 atom stereocenters. The summed E-state index contributed by atoms with van der Waals surface area (Å²) in [6, 6.07) is 11.7. The van der Waals surface area contributed by atoms with Gasteiger partial charge in [-0.15, -0.1) is 0 Å². The van der Waals surface area contributed by atoms with Crippen LogP contribution in [-0.4, -0.2) is 16.7 Å². The molecule has 1 aromatic heterocycles. The van der Waals surface area contributed by atoms with Crippen LogP contribution in [0.1, 0.15) is 39.3 Å². The molecule has 1 unspecified atom stereocenters. The van der Waals surface area contributed by atoms with Crippen LogP contribution in [0.3, 0.4) is 0 Å². The molecule has 0 saturated heterocycles. The van der Waals surface area contributed by atoms with E-state index in [9.17, 15) is 4.79 Å². The van der Waals surface area contributed by atoms with E-state index in [0.29, 0.717) is 5.69 Å². The van der Waals surface area contributed by atoms with Crippen molar-refractivity contribution in [1.29, 1.82) is 0 Å². The lowest BCUT2D eigenvalue weighted by Crippen LogP contribution is -2.27. The van der Waals surface area contributed by atoms with Gasteiger partial charge in [0.15, 0.2) is 0 Å². The first-order valence-electron chi connectivity index (χ1n) is 7.60. The average Bonchev–Trinajstić information content (AvgIpc) is 2.48. The minimum Gasteiger partial charge on any atom is -0.444 e. The van der Waals surface area contributed by atoms with Crippen LogP contribution in [0.4, 0.5) is 16.2 Å². The summed E-state index contributed by atoms with van der Waals surface area (Å²) in [7, 11) is 0. The van der Waals surface area contributed by atoms with Crippen LogP contribution in [0.15, 0.2) is 48.8 Å². The quantitative estimate of drug-likeness (QED) is 0.865. The van der Waals surface area contributed by atoms with Crippen molar-refractivity contribution in [3.8, 4) is 0 Å². The van der Waals surface area contributed by atoms with Crippen molar-refractivity contribution in [2.45, 2.75) is 39.3 Å². The van der Waals surface area contributed by atoms with Crippen molar-refractivity contribution in [2.24, 2.45) is 0 Å². The second-order valence-corrected chi connectivity index (χ2v) is 6.35. The molecule has 0 aliphatic carbocycles. The van der Waals surface area contributed by atoms with E-state index in [0.717, 1.165) is 11.3 Å². The molecule has 2 aromatic rings. The summed E-state index contributed by atoms with van der Waals surface area (Å²) in [6.07, 6.45) is 3.10. The third-order valence-corrected chi connectivity index (χ3v) is 3.12. The molecule has 122 valence electrons. The predicted molar refractivity (Wildman–Crippen MR) is 92.6 cm³/mol. The first kappa shape index (κ1) is 16.8. The van der Waals surface area contributed by atoms with Crippen LogP contribution in [-0.2, 0) is 4.74 Å². The Hall–Kier alpha value is -2.56. The molecule has 1 aromatic carbocycles. The molecule has 0 bridgehead atoms. The van der Waals surface area contributed by atoms with Crippen LogP contribution in [0.5, 0.6) is 0 Å². The van der Waals surface area contributed by atoms with E-state index in [1.165, 1.54) is 0 Å². The van der Waals surface area contributed by atoms with Crippen molar-refractivity contribution in [3.63, 3.8) is 0 Å². The SMILES string of the molecule is CC(Nc1ccc(NC(=O)OC(C)(C)C)cc1)c1ccncc1. The Bertz CT molecular complexity index is 634. The number of nitrogens with one attached hydrogen (secondary N) is 2. The Labute approximate surface area is 137 Å². The Morgan fingerprint density at radius 1 is 1.04 bits per heavy atom. The van der Waals surface area contributed by atoms with Gasteiger partial charge < -0.3 is 10.1 Å². The number of benzene rings is 1. The number of hydrogen-bond acceptors (Lipinski definition) is 4. The van der Waals surface area contributed by atoms with E-state index in [-0.39, 0.29) is 6.04 Å². The summed E-state index contributed by atoms with van der Waals surface area (Å²) in [4.78, 5) is 15.7. The first-order valence-corrected chi connectivity index (χ1v) is 7.60. The second kappa shape index (κ2) is 7.13. The zero-order valence-electron chi connectivity index (χ0n) is 14.0. The number of carbonyl (C=O) groups is 1.